The Labute approximate surface area is 94.3 Å². The molecule has 2 heterocycles. The molecule has 0 radical (unpaired) electrons. The molecule has 2 bridgehead atoms. The Morgan fingerprint density at radius 2 is 2.19 bits per heavy atom. The highest BCUT2D eigenvalue weighted by Crippen LogP contribution is 2.45. The lowest BCUT2D eigenvalue weighted by molar-refractivity contribution is 0.0821. The van der Waals surface area contributed by atoms with Crippen molar-refractivity contribution in [3.8, 4) is 6.07 Å². The molecule has 0 unspecified atom stereocenters. The summed E-state index contributed by atoms with van der Waals surface area (Å²) in [5.74, 6) is -0.0479. The number of carbonyl (C=O) groups excluding carboxylic acids is 1. The zero-order valence-electron chi connectivity index (χ0n) is 9.05. The van der Waals surface area contributed by atoms with E-state index in [1.54, 1.807) is 0 Å². The smallest absolute Gasteiger partial charge is 0.181 e. The summed E-state index contributed by atoms with van der Waals surface area (Å²) in [6.07, 6.45) is 0.778. The van der Waals surface area contributed by atoms with Crippen molar-refractivity contribution in [1.29, 1.82) is 5.26 Å². The van der Waals surface area contributed by atoms with Crippen LogP contribution in [0.4, 0.5) is 0 Å². The van der Waals surface area contributed by atoms with Gasteiger partial charge in [0.05, 0.1) is 18.0 Å². The number of hydrogen-bond donors (Lipinski definition) is 0. The van der Waals surface area contributed by atoms with Crippen LogP contribution in [-0.2, 0) is 0 Å². The number of Topliss-reactive ketones (excluding diaryl/α,β-unsaturated/α-hetero) is 1. The summed E-state index contributed by atoms with van der Waals surface area (Å²) in [5, 5.41) is 9.10. The lowest BCUT2D eigenvalue weighted by atomic mass is 9.92. The summed E-state index contributed by atoms with van der Waals surface area (Å²) in [4.78, 5) is 14.3. The van der Waals surface area contributed by atoms with Gasteiger partial charge in [0.25, 0.3) is 0 Å². The second-order valence-electron chi connectivity index (χ2n) is 4.55. The van der Waals surface area contributed by atoms with Crippen molar-refractivity contribution in [3.63, 3.8) is 0 Å². The third kappa shape index (κ3) is 1.03. The van der Waals surface area contributed by atoms with E-state index in [1.807, 2.05) is 31.3 Å². The molecule has 0 aromatic heterocycles. The first kappa shape index (κ1) is 9.56. The minimum atomic E-state index is -0.232. The van der Waals surface area contributed by atoms with Crippen LogP contribution in [0, 0.1) is 17.2 Å². The van der Waals surface area contributed by atoms with E-state index in [0.29, 0.717) is 0 Å². The van der Waals surface area contributed by atoms with Crippen LogP contribution in [0.5, 0.6) is 0 Å². The van der Waals surface area contributed by atoms with Gasteiger partial charge in [-0.3, -0.25) is 9.69 Å². The highest BCUT2D eigenvalue weighted by atomic mass is 16.1. The first-order chi connectivity index (χ1) is 7.74. The standard InChI is InChI=1S/C13H12N2O/c1-15-11-6-8(7-14)12(15)13(16)10-5-3-2-4-9(10)11/h2-5,8,11-12H,6H2,1H3/t8-,11+,12-/m0/s1. The van der Waals surface area contributed by atoms with E-state index in [2.05, 4.69) is 11.0 Å². The molecule has 3 nitrogen and oxygen atoms in total. The van der Waals surface area contributed by atoms with Crippen molar-refractivity contribution < 1.29 is 4.79 Å². The fraction of sp³-hybridized carbons (Fsp3) is 0.385. The monoisotopic (exact) mass is 212 g/mol. The van der Waals surface area contributed by atoms with Crippen LogP contribution in [0.15, 0.2) is 24.3 Å². The van der Waals surface area contributed by atoms with Crippen LogP contribution in [0.2, 0.25) is 0 Å². The molecule has 80 valence electrons. The number of benzene rings is 1. The van der Waals surface area contributed by atoms with Gasteiger partial charge in [0, 0.05) is 11.6 Å². The quantitative estimate of drug-likeness (QED) is 0.658. The fourth-order valence-electron chi connectivity index (χ4n) is 3.02. The molecule has 0 saturated carbocycles. The van der Waals surface area contributed by atoms with Gasteiger partial charge in [-0.05, 0) is 19.0 Å². The van der Waals surface area contributed by atoms with Gasteiger partial charge in [-0.2, -0.15) is 5.26 Å². The van der Waals surface area contributed by atoms with Gasteiger partial charge in [0.1, 0.15) is 0 Å². The minimum Gasteiger partial charge on any atom is -0.292 e. The van der Waals surface area contributed by atoms with Crippen molar-refractivity contribution in [2.75, 3.05) is 7.05 Å². The number of ketones is 1. The van der Waals surface area contributed by atoms with Gasteiger partial charge in [-0.15, -0.1) is 0 Å². The average Bonchev–Trinajstić information content (AvgIpc) is 2.58. The second-order valence-corrected chi connectivity index (χ2v) is 4.55. The maximum absolute atomic E-state index is 12.3. The van der Waals surface area contributed by atoms with Gasteiger partial charge >= 0.3 is 0 Å². The molecule has 0 aliphatic carbocycles. The molecule has 1 fully saturated rings. The van der Waals surface area contributed by atoms with Gasteiger partial charge in [-0.1, -0.05) is 24.3 Å². The van der Waals surface area contributed by atoms with Crippen molar-refractivity contribution in [3.05, 3.63) is 35.4 Å². The van der Waals surface area contributed by atoms with E-state index >= 15 is 0 Å². The predicted molar refractivity (Wildman–Crippen MR) is 58.8 cm³/mol. The first-order valence-corrected chi connectivity index (χ1v) is 5.48. The van der Waals surface area contributed by atoms with E-state index in [9.17, 15) is 4.79 Å². The summed E-state index contributed by atoms with van der Waals surface area (Å²) >= 11 is 0. The molecule has 0 N–H and O–H groups in total. The van der Waals surface area contributed by atoms with Crippen molar-refractivity contribution in [1.82, 2.24) is 4.90 Å². The van der Waals surface area contributed by atoms with Crippen LogP contribution in [0.25, 0.3) is 0 Å². The van der Waals surface area contributed by atoms with Crippen LogP contribution < -0.4 is 0 Å². The molecule has 2 aliphatic rings. The lowest BCUT2D eigenvalue weighted by Crippen LogP contribution is -2.41. The van der Waals surface area contributed by atoms with E-state index in [0.717, 1.165) is 17.5 Å². The average molecular weight is 212 g/mol. The van der Waals surface area contributed by atoms with Crippen molar-refractivity contribution >= 4 is 5.78 Å². The van der Waals surface area contributed by atoms with Crippen LogP contribution in [0.3, 0.4) is 0 Å². The van der Waals surface area contributed by atoms with E-state index in [-0.39, 0.29) is 23.8 Å². The maximum atomic E-state index is 12.3. The highest BCUT2D eigenvalue weighted by Gasteiger charge is 2.48. The van der Waals surface area contributed by atoms with E-state index in [1.165, 1.54) is 0 Å². The number of carbonyl (C=O) groups is 1. The Balaban J connectivity index is 2.19. The summed E-state index contributed by atoms with van der Waals surface area (Å²) in [6.45, 7) is 0. The third-order valence-electron chi connectivity index (χ3n) is 3.81. The first-order valence-electron chi connectivity index (χ1n) is 5.48. The van der Waals surface area contributed by atoms with Gasteiger partial charge in [0.2, 0.25) is 0 Å². The number of rotatable bonds is 0. The highest BCUT2D eigenvalue weighted by molar-refractivity contribution is 6.03. The number of fused-ring (bicyclic) bond motifs is 4. The van der Waals surface area contributed by atoms with Crippen LogP contribution in [-0.4, -0.2) is 23.8 Å². The molecule has 3 atom stereocenters. The summed E-state index contributed by atoms with van der Waals surface area (Å²) in [5.41, 5.74) is 1.90. The number of nitrogens with zero attached hydrogens (tertiary/aromatic N) is 2. The Bertz CT molecular complexity index is 503. The number of hydrogen-bond acceptors (Lipinski definition) is 3. The molecular weight excluding hydrogens is 200 g/mol. The molecular formula is C13H12N2O. The Kier molecular flexibility index (Phi) is 1.89. The predicted octanol–water partition coefficient (Wildman–Crippen LogP) is 1.77. The number of likely N-dealkylation sites (N-methyl/N-ethyl adjacent to an activating group) is 1. The maximum Gasteiger partial charge on any atom is 0.181 e. The Hall–Kier alpha value is -1.66. The topological polar surface area (TPSA) is 44.1 Å². The van der Waals surface area contributed by atoms with E-state index in [4.69, 9.17) is 5.26 Å². The zero-order chi connectivity index (χ0) is 11.3. The molecule has 2 aliphatic heterocycles. The molecule has 1 aromatic carbocycles. The Morgan fingerprint density at radius 1 is 1.44 bits per heavy atom. The van der Waals surface area contributed by atoms with E-state index < -0.39 is 0 Å². The normalized spacial score (nSPS) is 32.2. The molecule has 0 amide bonds. The zero-order valence-corrected chi connectivity index (χ0v) is 9.05. The summed E-state index contributed by atoms with van der Waals surface area (Å²) < 4.78 is 0. The molecule has 3 rings (SSSR count). The van der Waals surface area contributed by atoms with Crippen LogP contribution in [0.1, 0.15) is 28.4 Å². The molecule has 16 heavy (non-hydrogen) atoms. The summed E-state index contributed by atoms with van der Waals surface area (Å²) in [6, 6.07) is 10.0. The SMILES string of the molecule is CN1[C@@H]2C[C@@H](C#N)[C@H]1C(=O)c1ccccc12. The number of nitriles is 1. The minimum absolute atomic E-state index is 0.110. The molecule has 1 aromatic rings. The molecule has 0 spiro atoms. The van der Waals surface area contributed by atoms with Crippen molar-refractivity contribution in [2.45, 2.75) is 18.5 Å². The second kappa shape index (κ2) is 3.16. The summed E-state index contributed by atoms with van der Waals surface area (Å²) in [7, 11) is 1.94. The van der Waals surface area contributed by atoms with Gasteiger partial charge in [0.15, 0.2) is 5.78 Å². The molecule has 3 heteroatoms. The third-order valence-corrected chi connectivity index (χ3v) is 3.81. The van der Waals surface area contributed by atoms with Crippen LogP contribution >= 0.6 is 0 Å². The van der Waals surface area contributed by atoms with Gasteiger partial charge < -0.3 is 0 Å². The van der Waals surface area contributed by atoms with Gasteiger partial charge in [-0.25, -0.2) is 0 Å². The Morgan fingerprint density at radius 3 is 2.94 bits per heavy atom. The molecule has 1 saturated heterocycles. The van der Waals surface area contributed by atoms with Crippen molar-refractivity contribution in [2.24, 2.45) is 5.92 Å². The fourth-order valence-corrected chi connectivity index (χ4v) is 3.02. The largest absolute Gasteiger partial charge is 0.292 e. The lowest BCUT2D eigenvalue weighted by Gasteiger charge is -2.31.